The molecule has 1 rings (SSSR count). The number of phenols is 1. The van der Waals surface area contributed by atoms with Crippen LogP contribution < -0.4 is 47.5 Å². The molecule has 0 aliphatic heterocycles. The minimum Gasteiger partial charge on any atom is -0.810 e. The summed E-state index contributed by atoms with van der Waals surface area (Å²) in [6.45, 7) is 11.6. The van der Waals surface area contributed by atoms with Gasteiger partial charge in [-0.15, -0.1) is 0 Å². The van der Waals surface area contributed by atoms with Gasteiger partial charge in [-0.1, -0.05) is 61.3 Å². The fourth-order valence-electron chi connectivity index (χ4n) is 2.15. The molecule has 0 spiro atoms. The van der Waals surface area contributed by atoms with E-state index < -0.39 is 13.8 Å². The SMILES string of the molecule is CC(C)(C)c1cc(CP(=O)([O-])[O-])cc(C(C)(C)C)c1O.[Li+].[Li+]. The normalized spacial score (nSPS) is 12.4. The van der Waals surface area contributed by atoms with E-state index in [9.17, 15) is 19.5 Å². The third-order valence-electron chi connectivity index (χ3n) is 3.16. The largest absolute Gasteiger partial charge is 1.00 e. The van der Waals surface area contributed by atoms with Crippen LogP contribution >= 0.6 is 7.60 Å². The molecule has 0 aliphatic rings. The number of hydrogen-bond acceptors (Lipinski definition) is 4. The summed E-state index contributed by atoms with van der Waals surface area (Å²) in [4.78, 5) is 22.0. The molecule has 22 heavy (non-hydrogen) atoms. The van der Waals surface area contributed by atoms with E-state index in [4.69, 9.17) is 0 Å². The van der Waals surface area contributed by atoms with E-state index in [0.717, 1.165) is 0 Å². The molecule has 4 nitrogen and oxygen atoms in total. The van der Waals surface area contributed by atoms with E-state index in [1.54, 1.807) is 12.1 Å². The van der Waals surface area contributed by atoms with Gasteiger partial charge in [0.05, 0.1) is 0 Å². The predicted molar refractivity (Wildman–Crippen MR) is 76.8 cm³/mol. The van der Waals surface area contributed by atoms with E-state index in [-0.39, 0.29) is 54.3 Å². The van der Waals surface area contributed by atoms with Gasteiger partial charge >= 0.3 is 37.7 Å². The number of benzene rings is 1. The van der Waals surface area contributed by atoms with Crippen molar-refractivity contribution < 1.29 is 57.2 Å². The molecule has 0 aliphatic carbocycles. The molecule has 1 aromatic rings. The van der Waals surface area contributed by atoms with Crippen molar-refractivity contribution in [2.45, 2.75) is 58.5 Å². The minimum absolute atomic E-state index is 0. The van der Waals surface area contributed by atoms with E-state index in [0.29, 0.717) is 16.7 Å². The van der Waals surface area contributed by atoms with Crippen LogP contribution in [0.4, 0.5) is 0 Å². The first-order valence-corrected chi connectivity index (χ1v) is 8.32. The van der Waals surface area contributed by atoms with Crippen molar-refractivity contribution in [2.75, 3.05) is 0 Å². The van der Waals surface area contributed by atoms with Gasteiger partial charge in [-0.2, -0.15) is 0 Å². The predicted octanol–water partition coefficient (Wildman–Crippen LogP) is -3.59. The van der Waals surface area contributed by atoms with Gasteiger partial charge < -0.3 is 19.5 Å². The Bertz CT molecular complexity index is 519. The van der Waals surface area contributed by atoms with Gasteiger partial charge in [0, 0.05) is 6.16 Å². The summed E-state index contributed by atoms with van der Waals surface area (Å²) in [5.41, 5.74) is 1.08. The van der Waals surface area contributed by atoms with Gasteiger partial charge in [0.25, 0.3) is 0 Å². The van der Waals surface area contributed by atoms with Crippen molar-refractivity contribution in [3.63, 3.8) is 0 Å². The Morgan fingerprint density at radius 2 is 1.27 bits per heavy atom. The Labute approximate surface area is 157 Å². The van der Waals surface area contributed by atoms with E-state index >= 15 is 0 Å². The molecule has 0 heterocycles. The van der Waals surface area contributed by atoms with Crippen LogP contribution in [0, 0.1) is 0 Å². The van der Waals surface area contributed by atoms with Crippen LogP contribution in [0.25, 0.3) is 0 Å². The zero-order valence-corrected chi connectivity index (χ0v) is 15.9. The molecule has 0 atom stereocenters. The molecule has 0 fully saturated rings. The Kier molecular flexibility index (Phi) is 8.91. The van der Waals surface area contributed by atoms with E-state index in [2.05, 4.69) is 0 Å². The summed E-state index contributed by atoms with van der Waals surface area (Å²) in [5.74, 6) is 0.181. The third-order valence-corrected chi connectivity index (χ3v) is 3.91. The maximum absolute atomic E-state index is 11.0. The first-order chi connectivity index (χ1) is 8.72. The fourth-order valence-corrected chi connectivity index (χ4v) is 2.78. The number of rotatable bonds is 2. The Hall–Kier alpha value is 0.365. The molecule has 0 radical (unpaired) electrons. The van der Waals surface area contributed by atoms with Crippen molar-refractivity contribution in [3.8, 4) is 5.75 Å². The van der Waals surface area contributed by atoms with Crippen LogP contribution in [0.1, 0.15) is 58.2 Å². The number of aromatic hydroxyl groups is 1. The summed E-state index contributed by atoms with van der Waals surface area (Å²) in [6.07, 6.45) is -0.528. The zero-order valence-electron chi connectivity index (χ0n) is 15.0. The smallest absolute Gasteiger partial charge is 0.810 e. The molecule has 0 bridgehead atoms. The molecular weight excluding hydrogens is 289 g/mol. The minimum atomic E-state index is -4.63. The second kappa shape index (κ2) is 7.96. The van der Waals surface area contributed by atoms with E-state index in [1.165, 1.54) is 0 Å². The van der Waals surface area contributed by atoms with Crippen molar-refractivity contribution in [1.29, 1.82) is 0 Å². The van der Waals surface area contributed by atoms with Crippen LogP contribution in [0.3, 0.4) is 0 Å². The molecule has 0 amide bonds. The summed E-state index contributed by atoms with van der Waals surface area (Å²) in [5, 5.41) is 10.5. The summed E-state index contributed by atoms with van der Waals surface area (Å²) in [6, 6.07) is 3.24. The monoisotopic (exact) mass is 312 g/mol. The molecule has 0 saturated heterocycles. The van der Waals surface area contributed by atoms with Gasteiger partial charge in [-0.05, 0) is 27.5 Å². The van der Waals surface area contributed by atoms with Crippen molar-refractivity contribution >= 4 is 7.60 Å². The summed E-state index contributed by atoms with van der Waals surface area (Å²) >= 11 is 0. The molecule has 0 saturated carbocycles. The van der Waals surface area contributed by atoms with Gasteiger partial charge in [0.15, 0.2) is 0 Å². The van der Waals surface area contributed by atoms with Gasteiger partial charge in [0.1, 0.15) is 5.75 Å². The Morgan fingerprint density at radius 3 is 1.50 bits per heavy atom. The molecular formula is C15H23Li2O4P. The first-order valence-electron chi connectivity index (χ1n) is 6.60. The quantitative estimate of drug-likeness (QED) is 0.452. The van der Waals surface area contributed by atoms with Crippen LogP contribution in [0.15, 0.2) is 12.1 Å². The summed E-state index contributed by atoms with van der Waals surface area (Å²) < 4.78 is 11.0. The first kappa shape index (κ1) is 24.6. The average molecular weight is 312 g/mol. The second-order valence-corrected chi connectivity index (χ2v) is 8.85. The zero-order chi connectivity index (χ0) is 15.9. The molecule has 0 unspecified atom stereocenters. The van der Waals surface area contributed by atoms with Crippen LogP contribution in [-0.4, -0.2) is 5.11 Å². The van der Waals surface area contributed by atoms with Gasteiger partial charge in [-0.3, -0.25) is 0 Å². The molecule has 114 valence electrons. The topological polar surface area (TPSA) is 83.4 Å². The standard InChI is InChI=1S/C15H25O4P.2Li/c1-14(2,3)11-7-10(9-20(17,18)19)8-12(13(11)16)15(4,5)6;;/h7-8,16H,9H2,1-6H3,(H2,17,18,19);;/q;2*+1/p-2. The van der Waals surface area contributed by atoms with Crippen molar-refractivity contribution in [3.05, 3.63) is 28.8 Å². The van der Waals surface area contributed by atoms with Crippen molar-refractivity contribution in [2.24, 2.45) is 0 Å². The molecule has 7 heteroatoms. The van der Waals surface area contributed by atoms with Crippen LogP contribution in [0.2, 0.25) is 0 Å². The molecule has 1 aromatic carbocycles. The van der Waals surface area contributed by atoms with Crippen LogP contribution in [0.5, 0.6) is 5.75 Å². The van der Waals surface area contributed by atoms with Crippen LogP contribution in [-0.2, 0) is 21.6 Å². The number of phenolic OH excluding ortho intramolecular Hbond substituents is 1. The molecule has 1 N–H and O–H groups in total. The Morgan fingerprint density at radius 1 is 0.955 bits per heavy atom. The van der Waals surface area contributed by atoms with Gasteiger partial charge in [0.2, 0.25) is 0 Å². The second-order valence-electron chi connectivity index (χ2n) is 7.31. The van der Waals surface area contributed by atoms with Crippen molar-refractivity contribution in [1.82, 2.24) is 0 Å². The van der Waals surface area contributed by atoms with E-state index in [1.807, 2.05) is 41.5 Å². The Balaban J connectivity index is 0. The molecule has 0 aromatic heterocycles. The fraction of sp³-hybridized carbons (Fsp3) is 0.600. The third kappa shape index (κ3) is 6.86. The van der Waals surface area contributed by atoms with Gasteiger partial charge in [-0.25, -0.2) is 0 Å². The average Bonchev–Trinajstić information content (AvgIpc) is 2.14. The summed E-state index contributed by atoms with van der Waals surface area (Å²) in [7, 11) is -4.63. The maximum atomic E-state index is 11.0. The maximum Gasteiger partial charge on any atom is 1.00 e. The number of hydrogen-bond donors (Lipinski definition) is 1.